The van der Waals surface area contributed by atoms with Gasteiger partial charge >= 0.3 is 0 Å². The van der Waals surface area contributed by atoms with Crippen LogP contribution in [-0.2, 0) is 26.0 Å². The molecule has 98 valence electrons. The monoisotopic (exact) mass is 263 g/mol. The van der Waals surface area contributed by atoms with E-state index >= 15 is 0 Å². The molecular weight excluding hydrogens is 246 g/mol. The predicted octanol–water partition coefficient (Wildman–Crippen LogP) is -0.416. The fourth-order valence-electron chi connectivity index (χ4n) is 1.18. The highest BCUT2D eigenvalue weighted by Gasteiger charge is 2.09. The van der Waals surface area contributed by atoms with Crippen molar-refractivity contribution < 1.29 is 17.9 Å². The lowest BCUT2D eigenvalue weighted by Crippen LogP contribution is -2.11. The first-order valence-electron chi connectivity index (χ1n) is 5.16. The number of rotatable bonds is 8. The Hall–Kier alpha value is -0.960. The SMILES string of the molecule is COCCCOCCn1cc(S(N)(=O)=O)cn1. The summed E-state index contributed by atoms with van der Waals surface area (Å²) in [6.45, 7) is 2.23. The first-order chi connectivity index (χ1) is 8.04. The molecule has 0 aliphatic heterocycles. The largest absolute Gasteiger partial charge is 0.385 e. The maximum absolute atomic E-state index is 11.0. The van der Waals surface area contributed by atoms with Crippen molar-refractivity contribution in [3.8, 4) is 0 Å². The van der Waals surface area contributed by atoms with Crippen LogP contribution < -0.4 is 5.14 Å². The van der Waals surface area contributed by atoms with Gasteiger partial charge in [-0.25, -0.2) is 13.6 Å². The van der Waals surface area contributed by atoms with E-state index in [1.165, 1.54) is 17.1 Å². The molecule has 1 aromatic rings. The quantitative estimate of drug-likeness (QED) is 0.643. The van der Waals surface area contributed by atoms with Crippen LogP contribution in [0.4, 0.5) is 0 Å². The van der Waals surface area contributed by atoms with Gasteiger partial charge < -0.3 is 9.47 Å². The summed E-state index contributed by atoms with van der Waals surface area (Å²) < 4.78 is 33.6. The third-order valence-electron chi connectivity index (χ3n) is 2.04. The number of nitrogens with zero attached hydrogens (tertiary/aromatic N) is 2. The van der Waals surface area contributed by atoms with E-state index in [1.807, 2.05) is 0 Å². The molecule has 8 heteroatoms. The molecule has 1 aromatic heterocycles. The fourth-order valence-corrected chi connectivity index (χ4v) is 1.64. The van der Waals surface area contributed by atoms with Crippen molar-refractivity contribution in [1.29, 1.82) is 0 Å². The summed E-state index contributed by atoms with van der Waals surface area (Å²) in [5, 5.41) is 8.82. The molecule has 0 saturated carbocycles. The molecule has 0 amide bonds. The van der Waals surface area contributed by atoms with Gasteiger partial charge in [0.2, 0.25) is 10.0 Å². The Morgan fingerprint density at radius 1 is 1.41 bits per heavy atom. The van der Waals surface area contributed by atoms with Crippen molar-refractivity contribution >= 4 is 10.0 Å². The normalized spacial score (nSPS) is 11.9. The Morgan fingerprint density at radius 3 is 2.76 bits per heavy atom. The van der Waals surface area contributed by atoms with Crippen LogP contribution in [0.2, 0.25) is 0 Å². The van der Waals surface area contributed by atoms with Crippen molar-refractivity contribution in [2.45, 2.75) is 17.9 Å². The molecule has 0 aliphatic carbocycles. The Kier molecular flexibility index (Phi) is 5.56. The molecule has 7 nitrogen and oxygen atoms in total. The Labute approximate surface area is 101 Å². The standard InChI is InChI=1S/C9H17N3O4S/c1-15-4-2-5-16-6-3-12-8-9(7-11-12)17(10,13)14/h7-8H,2-6H2,1H3,(H2,10,13,14). The molecule has 0 atom stereocenters. The van der Waals surface area contributed by atoms with E-state index < -0.39 is 10.0 Å². The lowest BCUT2D eigenvalue weighted by molar-refractivity contribution is 0.0961. The van der Waals surface area contributed by atoms with Gasteiger partial charge in [0.1, 0.15) is 4.90 Å². The van der Waals surface area contributed by atoms with E-state index in [0.717, 1.165) is 6.42 Å². The molecule has 0 radical (unpaired) electrons. The van der Waals surface area contributed by atoms with Gasteiger partial charge in [0.25, 0.3) is 0 Å². The van der Waals surface area contributed by atoms with Gasteiger partial charge in [-0.05, 0) is 6.42 Å². The van der Waals surface area contributed by atoms with E-state index in [-0.39, 0.29) is 4.90 Å². The third kappa shape index (κ3) is 5.26. The second-order valence-electron chi connectivity index (χ2n) is 3.44. The minimum atomic E-state index is -3.67. The number of ether oxygens (including phenoxy) is 2. The molecule has 0 bridgehead atoms. The first-order valence-corrected chi connectivity index (χ1v) is 6.70. The van der Waals surface area contributed by atoms with Crippen molar-refractivity contribution in [2.24, 2.45) is 5.14 Å². The molecule has 17 heavy (non-hydrogen) atoms. The molecular formula is C9H17N3O4S. The summed E-state index contributed by atoms with van der Waals surface area (Å²) in [7, 11) is -2.03. The average Bonchev–Trinajstić information content (AvgIpc) is 2.71. The first kappa shape index (κ1) is 14.1. The number of hydrogen-bond donors (Lipinski definition) is 1. The smallest absolute Gasteiger partial charge is 0.241 e. The van der Waals surface area contributed by atoms with Crippen LogP contribution in [0.15, 0.2) is 17.3 Å². The van der Waals surface area contributed by atoms with Crippen LogP contribution in [0.5, 0.6) is 0 Å². The Bertz CT molecular complexity index is 429. The van der Waals surface area contributed by atoms with E-state index in [4.69, 9.17) is 14.6 Å². The molecule has 0 spiro atoms. The predicted molar refractivity (Wildman–Crippen MR) is 60.9 cm³/mol. The molecule has 1 heterocycles. The highest BCUT2D eigenvalue weighted by atomic mass is 32.2. The molecule has 0 aromatic carbocycles. The summed E-state index contributed by atoms with van der Waals surface area (Å²) in [6.07, 6.45) is 3.44. The maximum Gasteiger partial charge on any atom is 0.241 e. The summed E-state index contributed by atoms with van der Waals surface area (Å²) in [5.41, 5.74) is 0. The van der Waals surface area contributed by atoms with Crippen LogP contribution in [0, 0.1) is 0 Å². The molecule has 0 saturated heterocycles. The fraction of sp³-hybridized carbons (Fsp3) is 0.667. The van der Waals surface area contributed by atoms with Crippen molar-refractivity contribution in [2.75, 3.05) is 26.9 Å². The van der Waals surface area contributed by atoms with Crippen molar-refractivity contribution in [1.82, 2.24) is 9.78 Å². The van der Waals surface area contributed by atoms with Gasteiger partial charge in [-0.2, -0.15) is 5.10 Å². The highest BCUT2D eigenvalue weighted by Crippen LogP contribution is 2.03. The summed E-state index contributed by atoms with van der Waals surface area (Å²) in [5.74, 6) is 0. The maximum atomic E-state index is 11.0. The molecule has 0 unspecified atom stereocenters. The molecule has 0 fully saturated rings. The minimum Gasteiger partial charge on any atom is -0.385 e. The topological polar surface area (TPSA) is 96.4 Å². The second-order valence-corrected chi connectivity index (χ2v) is 5.00. The third-order valence-corrected chi connectivity index (χ3v) is 2.91. The van der Waals surface area contributed by atoms with Gasteiger partial charge in [-0.3, -0.25) is 4.68 Å². The van der Waals surface area contributed by atoms with E-state index in [0.29, 0.717) is 26.4 Å². The summed E-state index contributed by atoms with van der Waals surface area (Å²) >= 11 is 0. The van der Waals surface area contributed by atoms with Crippen LogP contribution in [0.1, 0.15) is 6.42 Å². The lowest BCUT2D eigenvalue weighted by atomic mass is 10.5. The highest BCUT2D eigenvalue weighted by molar-refractivity contribution is 7.89. The van der Waals surface area contributed by atoms with Crippen LogP contribution in [-0.4, -0.2) is 45.1 Å². The number of sulfonamides is 1. The second kappa shape index (κ2) is 6.70. The Balaban J connectivity index is 2.26. The number of hydrogen-bond acceptors (Lipinski definition) is 5. The van der Waals surface area contributed by atoms with Gasteiger partial charge in [0.15, 0.2) is 0 Å². The van der Waals surface area contributed by atoms with Gasteiger partial charge in [0.05, 0.1) is 19.3 Å². The van der Waals surface area contributed by atoms with E-state index in [2.05, 4.69) is 5.10 Å². The summed E-state index contributed by atoms with van der Waals surface area (Å²) in [4.78, 5) is 0.0110. The Morgan fingerprint density at radius 2 is 2.18 bits per heavy atom. The van der Waals surface area contributed by atoms with Gasteiger partial charge in [-0.15, -0.1) is 0 Å². The zero-order valence-corrected chi connectivity index (χ0v) is 10.5. The van der Waals surface area contributed by atoms with Crippen LogP contribution in [0.25, 0.3) is 0 Å². The molecule has 2 N–H and O–H groups in total. The van der Waals surface area contributed by atoms with Crippen molar-refractivity contribution in [3.63, 3.8) is 0 Å². The number of methoxy groups -OCH3 is 1. The molecule has 0 aliphatic rings. The summed E-state index contributed by atoms with van der Waals surface area (Å²) in [6, 6.07) is 0. The number of primary sulfonamides is 1. The zero-order chi connectivity index (χ0) is 12.7. The van der Waals surface area contributed by atoms with E-state index in [1.54, 1.807) is 7.11 Å². The van der Waals surface area contributed by atoms with E-state index in [9.17, 15) is 8.42 Å². The number of aromatic nitrogens is 2. The minimum absolute atomic E-state index is 0.0110. The number of nitrogens with two attached hydrogens (primary N) is 1. The lowest BCUT2D eigenvalue weighted by Gasteiger charge is -2.03. The van der Waals surface area contributed by atoms with Gasteiger partial charge in [0, 0.05) is 26.5 Å². The zero-order valence-electron chi connectivity index (χ0n) is 9.70. The molecule has 1 rings (SSSR count). The average molecular weight is 263 g/mol. The van der Waals surface area contributed by atoms with Crippen LogP contribution >= 0.6 is 0 Å². The van der Waals surface area contributed by atoms with Crippen molar-refractivity contribution in [3.05, 3.63) is 12.4 Å². The van der Waals surface area contributed by atoms with Gasteiger partial charge in [-0.1, -0.05) is 0 Å². The van der Waals surface area contributed by atoms with Crippen LogP contribution in [0.3, 0.4) is 0 Å².